The van der Waals surface area contributed by atoms with E-state index in [1.54, 1.807) is 0 Å². The predicted octanol–water partition coefficient (Wildman–Crippen LogP) is 2.61. The number of carboxylic acid groups (broad SMARTS) is 3. The van der Waals surface area contributed by atoms with Crippen LogP contribution in [-0.4, -0.2) is 70.2 Å². The van der Waals surface area contributed by atoms with E-state index in [1.165, 1.54) is 0 Å². The summed E-state index contributed by atoms with van der Waals surface area (Å²) in [5, 5.41) is 37.7. The van der Waals surface area contributed by atoms with E-state index in [-0.39, 0.29) is 17.8 Å². The van der Waals surface area contributed by atoms with E-state index < -0.39 is 44.0 Å². The summed E-state index contributed by atoms with van der Waals surface area (Å²) in [6, 6.07) is -2.08. The van der Waals surface area contributed by atoms with Crippen molar-refractivity contribution in [2.24, 2.45) is 17.8 Å². The Bertz CT molecular complexity index is 483. The molecule has 0 aliphatic rings. The van der Waals surface area contributed by atoms with Gasteiger partial charge in [-0.05, 0) is 37.0 Å². The Hall–Kier alpha value is -1.28. The van der Waals surface area contributed by atoms with Gasteiger partial charge in [0.25, 0.3) is 0 Å². The smallest absolute Gasteiger partial charge is 0.320 e. The highest BCUT2D eigenvalue weighted by Crippen LogP contribution is 2.32. The molecule has 0 aromatic rings. The van der Waals surface area contributed by atoms with Gasteiger partial charge in [-0.3, -0.25) is 14.4 Å². The predicted molar refractivity (Wildman–Crippen MR) is 124 cm³/mol. The highest BCUT2D eigenvalue weighted by atomic mass is 31.1. The van der Waals surface area contributed by atoms with Crippen LogP contribution in [0.4, 0.5) is 0 Å². The fourth-order valence-corrected chi connectivity index (χ4v) is 4.89. The van der Waals surface area contributed by atoms with Crippen molar-refractivity contribution in [3.8, 4) is 0 Å². The first kappa shape index (κ1) is 29.7. The maximum atomic E-state index is 11.6. The summed E-state index contributed by atoms with van der Waals surface area (Å²) >= 11 is 0. The van der Waals surface area contributed by atoms with Crippen molar-refractivity contribution in [3.05, 3.63) is 0 Å². The van der Waals surface area contributed by atoms with Crippen molar-refractivity contribution in [1.29, 1.82) is 0 Å². The molecule has 0 aliphatic carbocycles. The Morgan fingerprint density at radius 2 is 0.806 bits per heavy atom. The molecular weight excluding hydrogens is 421 g/mol. The molecule has 31 heavy (non-hydrogen) atoms. The van der Waals surface area contributed by atoms with Crippen molar-refractivity contribution in [1.82, 2.24) is 16.0 Å². The van der Waals surface area contributed by atoms with Crippen LogP contribution < -0.4 is 16.0 Å². The van der Waals surface area contributed by atoms with Gasteiger partial charge in [-0.1, -0.05) is 49.5 Å². The Labute approximate surface area is 187 Å². The summed E-state index contributed by atoms with van der Waals surface area (Å²) in [7, 11) is -0.931. The average molecular weight is 464 g/mol. The van der Waals surface area contributed by atoms with Gasteiger partial charge in [0.2, 0.25) is 0 Å². The van der Waals surface area contributed by atoms with E-state index in [1.807, 2.05) is 41.5 Å². The van der Waals surface area contributed by atoms with Crippen LogP contribution >= 0.6 is 7.92 Å². The van der Waals surface area contributed by atoms with Crippen molar-refractivity contribution in [2.45, 2.75) is 78.9 Å². The monoisotopic (exact) mass is 463 g/mol. The van der Waals surface area contributed by atoms with Crippen LogP contribution in [0.3, 0.4) is 0 Å². The number of hydrogen-bond acceptors (Lipinski definition) is 6. The Kier molecular flexibility index (Phi) is 14.9. The quantitative estimate of drug-likeness (QED) is 0.169. The van der Waals surface area contributed by atoms with Gasteiger partial charge in [0, 0.05) is 18.9 Å². The van der Waals surface area contributed by atoms with E-state index in [0.29, 0.717) is 38.1 Å². The number of carbonyl (C=O) groups is 3. The van der Waals surface area contributed by atoms with Crippen molar-refractivity contribution < 1.29 is 29.7 Å². The second-order valence-corrected chi connectivity index (χ2v) is 11.6. The maximum absolute atomic E-state index is 11.6. The minimum atomic E-state index is -0.931. The Balaban J connectivity index is 5.18. The van der Waals surface area contributed by atoms with Crippen molar-refractivity contribution >= 4 is 25.8 Å². The lowest BCUT2D eigenvalue weighted by atomic mass is 10.0. The molecule has 0 amide bonds. The van der Waals surface area contributed by atoms with Gasteiger partial charge in [-0.25, -0.2) is 0 Å². The van der Waals surface area contributed by atoms with E-state index in [0.717, 1.165) is 0 Å². The summed E-state index contributed by atoms with van der Waals surface area (Å²) in [6.45, 7) is 11.7. The Morgan fingerprint density at radius 3 is 0.968 bits per heavy atom. The second kappa shape index (κ2) is 15.5. The summed E-state index contributed by atoms with van der Waals surface area (Å²) in [5.74, 6) is -2.13. The summed E-state index contributed by atoms with van der Waals surface area (Å²) < 4.78 is 0. The van der Waals surface area contributed by atoms with Crippen LogP contribution in [0, 0.1) is 17.8 Å². The molecule has 10 heteroatoms. The molecule has 0 aromatic heterocycles. The van der Waals surface area contributed by atoms with Crippen LogP contribution in [0.5, 0.6) is 0 Å². The largest absolute Gasteiger partial charge is 0.480 e. The number of rotatable bonds is 18. The van der Waals surface area contributed by atoms with E-state index in [4.69, 9.17) is 0 Å². The number of nitrogens with one attached hydrogen (secondary N) is 3. The van der Waals surface area contributed by atoms with Crippen LogP contribution in [0.1, 0.15) is 60.8 Å². The zero-order valence-electron chi connectivity index (χ0n) is 19.7. The number of aliphatic carboxylic acids is 3. The number of carboxylic acids is 3. The molecule has 0 unspecified atom stereocenters. The van der Waals surface area contributed by atoms with E-state index in [9.17, 15) is 29.7 Å². The van der Waals surface area contributed by atoms with Gasteiger partial charge < -0.3 is 31.3 Å². The first-order valence-electron chi connectivity index (χ1n) is 10.9. The topological polar surface area (TPSA) is 148 Å². The first-order valence-corrected chi connectivity index (χ1v) is 12.8. The van der Waals surface area contributed by atoms with Gasteiger partial charge in [-0.2, -0.15) is 0 Å². The van der Waals surface area contributed by atoms with Crippen LogP contribution in [0.15, 0.2) is 0 Å². The fraction of sp³-hybridized carbons (Fsp3) is 0.857. The van der Waals surface area contributed by atoms with Crippen LogP contribution in [0.25, 0.3) is 0 Å². The third-order valence-corrected chi connectivity index (χ3v) is 6.59. The highest BCUT2D eigenvalue weighted by molar-refractivity contribution is 7.57. The molecule has 0 bridgehead atoms. The molecule has 182 valence electrons. The van der Waals surface area contributed by atoms with Crippen LogP contribution in [0.2, 0.25) is 0 Å². The van der Waals surface area contributed by atoms with Crippen molar-refractivity contribution in [2.75, 3.05) is 18.9 Å². The molecule has 3 atom stereocenters. The molecule has 0 heterocycles. The average Bonchev–Trinajstić information content (AvgIpc) is 2.62. The first-order chi connectivity index (χ1) is 14.3. The van der Waals surface area contributed by atoms with Gasteiger partial charge in [0.15, 0.2) is 0 Å². The molecule has 6 N–H and O–H groups in total. The third kappa shape index (κ3) is 14.4. The molecule has 0 fully saturated rings. The minimum Gasteiger partial charge on any atom is -0.480 e. The lowest BCUT2D eigenvalue weighted by Gasteiger charge is -2.26. The molecule has 0 saturated heterocycles. The van der Waals surface area contributed by atoms with Crippen LogP contribution in [-0.2, 0) is 14.4 Å². The normalized spacial score (nSPS) is 14.9. The van der Waals surface area contributed by atoms with Gasteiger partial charge in [0.1, 0.15) is 18.1 Å². The molecule has 0 aliphatic heterocycles. The zero-order chi connectivity index (χ0) is 24.1. The summed E-state index contributed by atoms with van der Waals surface area (Å²) in [4.78, 5) is 34.7. The maximum Gasteiger partial charge on any atom is 0.320 e. The standard InChI is InChI=1S/C21H42N3O6P/c1-13(2)7-16(19(25)26)22-10-31(11-23-17(20(27)28)8-14(3)4)12-24-18(21(29)30)9-15(5)6/h13-18,22-24H,7-12H2,1-6H3,(H,25,26)(H,27,28)(H,29,30)/t16-,17-,18-/m0/s1. The van der Waals surface area contributed by atoms with Gasteiger partial charge >= 0.3 is 17.9 Å². The molecule has 0 radical (unpaired) electrons. The number of hydrogen-bond donors (Lipinski definition) is 6. The molecule has 9 nitrogen and oxygen atoms in total. The minimum absolute atomic E-state index is 0.209. The molecule has 0 rings (SSSR count). The zero-order valence-corrected chi connectivity index (χ0v) is 20.6. The third-order valence-electron chi connectivity index (χ3n) is 4.70. The molecule has 0 saturated carbocycles. The van der Waals surface area contributed by atoms with Crippen molar-refractivity contribution in [3.63, 3.8) is 0 Å². The van der Waals surface area contributed by atoms with Gasteiger partial charge in [-0.15, -0.1) is 0 Å². The fourth-order valence-electron chi connectivity index (χ4n) is 3.11. The van der Waals surface area contributed by atoms with Gasteiger partial charge in [0.05, 0.1) is 0 Å². The molecule has 0 aromatic carbocycles. The lowest BCUT2D eigenvalue weighted by molar-refractivity contribution is -0.140. The lowest BCUT2D eigenvalue weighted by Crippen LogP contribution is -2.43. The Morgan fingerprint density at radius 1 is 0.581 bits per heavy atom. The van der Waals surface area contributed by atoms with E-state index in [2.05, 4.69) is 16.0 Å². The van der Waals surface area contributed by atoms with E-state index >= 15 is 0 Å². The SMILES string of the molecule is CC(C)C[C@H](NCP(CN[C@@H](CC(C)C)C(=O)O)CN[C@@H](CC(C)C)C(=O)O)C(=O)O. The summed E-state index contributed by atoms with van der Waals surface area (Å²) in [6.07, 6.45) is 2.61. The summed E-state index contributed by atoms with van der Waals surface area (Å²) in [5.41, 5.74) is 0. The molecule has 0 spiro atoms. The second-order valence-electron chi connectivity index (χ2n) is 9.32. The molecular formula is C21H42N3O6P. The highest BCUT2D eigenvalue weighted by Gasteiger charge is 2.24.